The number of phenolic OH excluding ortho intramolecular Hbond substituents is 1. The van der Waals surface area contributed by atoms with Crippen LogP contribution in [0.1, 0.15) is 27.2 Å². The maximum atomic E-state index is 12.2. The number of aromatic hydroxyl groups is 1. The Hall–Kier alpha value is -4.14. The first-order chi connectivity index (χ1) is 15.1. The number of hydrogen-bond donors (Lipinski definition) is 2. The number of carbonyl (C=O) groups excluding carboxylic acids is 1. The van der Waals surface area contributed by atoms with Gasteiger partial charge in [-0.05, 0) is 53.1 Å². The molecule has 5 nitrogen and oxygen atoms in total. The van der Waals surface area contributed by atoms with Crippen molar-refractivity contribution < 1.29 is 9.90 Å². The largest absolute Gasteiger partial charge is 0.506 e. The van der Waals surface area contributed by atoms with Gasteiger partial charge in [-0.1, -0.05) is 53.9 Å². The number of rotatable bonds is 3. The molecule has 2 N–H and O–H groups in total. The van der Waals surface area contributed by atoms with Crippen molar-refractivity contribution in [3.05, 3.63) is 106 Å². The Bertz CT molecular complexity index is 1360. The van der Waals surface area contributed by atoms with Crippen LogP contribution in [0.15, 0.2) is 84.1 Å². The lowest BCUT2D eigenvalue weighted by atomic mass is 10.00. The van der Waals surface area contributed by atoms with E-state index in [1.807, 2.05) is 54.6 Å². The zero-order valence-electron chi connectivity index (χ0n) is 16.2. The number of carbonyl (C=O) groups is 1. The van der Waals surface area contributed by atoms with Crippen molar-refractivity contribution in [2.24, 2.45) is 5.10 Å². The molecule has 0 unspecified atom stereocenters. The van der Waals surface area contributed by atoms with E-state index in [-0.39, 0.29) is 10.8 Å². The van der Waals surface area contributed by atoms with E-state index in [0.29, 0.717) is 11.3 Å². The Labute approximate surface area is 184 Å². The highest BCUT2D eigenvalue weighted by molar-refractivity contribution is 6.32. The van der Waals surface area contributed by atoms with E-state index in [2.05, 4.69) is 27.4 Å². The van der Waals surface area contributed by atoms with Gasteiger partial charge >= 0.3 is 0 Å². The van der Waals surface area contributed by atoms with Crippen LogP contribution in [0.2, 0.25) is 5.02 Å². The van der Waals surface area contributed by atoms with Gasteiger partial charge in [-0.2, -0.15) is 5.10 Å². The number of halogens is 1. The van der Waals surface area contributed by atoms with Crippen LogP contribution in [0.25, 0.3) is 10.8 Å². The topological polar surface area (TPSA) is 74.6 Å². The summed E-state index contributed by atoms with van der Waals surface area (Å²) in [6, 6.07) is 21.5. The van der Waals surface area contributed by atoms with Gasteiger partial charge in [0, 0.05) is 22.9 Å². The number of fused-ring (bicyclic) bond motifs is 1. The third-order valence-corrected chi connectivity index (χ3v) is 4.83. The molecule has 0 bridgehead atoms. The summed E-state index contributed by atoms with van der Waals surface area (Å²) in [7, 11) is 0. The molecule has 0 fully saturated rings. The van der Waals surface area contributed by atoms with Gasteiger partial charge in [-0.3, -0.25) is 4.79 Å². The van der Waals surface area contributed by atoms with E-state index in [4.69, 9.17) is 11.6 Å². The molecule has 0 saturated carbocycles. The molecule has 1 aromatic heterocycles. The number of aromatic nitrogens is 1. The van der Waals surface area contributed by atoms with Crippen LogP contribution in [0.3, 0.4) is 0 Å². The molecular formula is C25H16ClN3O2. The standard InChI is InChI=1S/C25H16ClN3O2/c26-23-15-18(11-13-24(23)30)25(31)29-28-16-19-9-8-17(21-6-1-2-7-22(19)21)10-12-20-5-3-4-14-27-20/h1-9,11,13-16,30H,(H,29,31). The fraction of sp³-hybridized carbons (Fsp3) is 0. The predicted molar refractivity (Wildman–Crippen MR) is 122 cm³/mol. The minimum atomic E-state index is -0.430. The molecule has 0 atom stereocenters. The quantitative estimate of drug-likeness (QED) is 0.282. The number of benzene rings is 3. The Morgan fingerprint density at radius 3 is 2.58 bits per heavy atom. The molecule has 31 heavy (non-hydrogen) atoms. The van der Waals surface area contributed by atoms with Crippen molar-refractivity contribution in [1.82, 2.24) is 10.4 Å². The molecular weight excluding hydrogens is 410 g/mol. The number of nitrogens with one attached hydrogen (secondary N) is 1. The van der Waals surface area contributed by atoms with E-state index in [9.17, 15) is 9.90 Å². The molecule has 3 aromatic carbocycles. The second kappa shape index (κ2) is 9.12. The highest BCUT2D eigenvalue weighted by atomic mass is 35.5. The molecule has 0 aliphatic carbocycles. The van der Waals surface area contributed by atoms with Crippen LogP contribution in [-0.2, 0) is 0 Å². The number of hydrazone groups is 1. The van der Waals surface area contributed by atoms with Crippen molar-refractivity contribution in [1.29, 1.82) is 0 Å². The van der Waals surface area contributed by atoms with E-state index >= 15 is 0 Å². The molecule has 0 aliphatic rings. The molecule has 0 saturated heterocycles. The van der Waals surface area contributed by atoms with Gasteiger partial charge in [0.15, 0.2) is 0 Å². The van der Waals surface area contributed by atoms with Gasteiger partial charge in [0.25, 0.3) is 5.91 Å². The SMILES string of the molecule is O=C(NN=Cc1ccc(C#Cc2ccccn2)c2ccccc12)c1ccc(O)c(Cl)c1. The Morgan fingerprint density at radius 1 is 1.00 bits per heavy atom. The van der Waals surface area contributed by atoms with Gasteiger partial charge in [-0.25, -0.2) is 10.4 Å². The Morgan fingerprint density at radius 2 is 1.81 bits per heavy atom. The summed E-state index contributed by atoms with van der Waals surface area (Å²) in [5.74, 6) is 5.74. The molecule has 0 radical (unpaired) electrons. The molecule has 1 heterocycles. The number of phenols is 1. The van der Waals surface area contributed by atoms with Crippen molar-refractivity contribution in [3.8, 4) is 17.6 Å². The maximum absolute atomic E-state index is 12.2. The minimum absolute atomic E-state index is 0.0839. The van der Waals surface area contributed by atoms with Crippen LogP contribution >= 0.6 is 11.6 Å². The molecule has 0 spiro atoms. The summed E-state index contributed by atoms with van der Waals surface area (Å²) >= 11 is 5.85. The third kappa shape index (κ3) is 4.72. The van der Waals surface area contributed by atoms with E-state index < -0.39 is 5.91 Å². The maximum Gasteiger partial charge on any atom is 0.271 e. The highest BCUT2D eigenvalue weighted by Gasteiger charge is 2.08. The molecule has 0 aliphatic heterocycles. The van der Waals surface area contributed by atoms with E-state index in [1.54, 1.807) is 12.4 Å². The lowest BCUT2D eigenvalue weighted by Gasteiger charge is -2.05. The molecule has 6 heteroatoms. The van der Waals surface area contributed by atoms with Gasteiger partial charge in [0.05, 0.1) is 11.2 Å². The predicted octanol–water partition coefficient (Wildman–Crippen LogP) is 4.76. The molecule has 4 rings (SSSR count). The van der Waals surface area contributed by atoms with Crippen LogP contribution in [0.4, 0.5) is 0 Å². The van der Waals surface area contributed by atoms with Crippen molar-refractivity contribution in [2.45, 2.75) is 0 Å². The third-order valence-electron chi connectivity index (χ3n) is 4.53. The number of nitrogens with zero attached hydrogens (tertiary/aromatic N) is 2. The first-order valence-electron chi connectivity index (χ1n) is 9.38. The highest BCUT2D eigenvalue weighted by Crippen LogP contribution is 2.24. The summed E-state index contributed by atoms with van der Waals surface area (Å²) in [5.41, 5.74) is 5.19. The normalized spacial score (nSPS) is 10.6. The average Bonchev–Trinajstić information content (AvgIpc) is 2.80. The second-order valence-corrected chi connectivity index (χ2v) is 6.99. The van der Waals surface area contributed by atoms with E-state index in [0.717, 1.165) is 21.9 Å². The smallest absolute Gasteiger partial charge is 0.271 e. The van der Waals surface area contributed by atoms with E-state index in [1.165, 1.54) is 18.2 Å². The summed E-state index contributed by atoms with van der Waals surface area (Å²) in [4.78, 5) is 16.5. The second-order valence-electron chi connectivity index (χ2n) is 6.58. The first-order valence-corrected chi connectivity index (χ1v) is 9.76. The van der Waals surface area contributed by atoms with Crippen molar-refractivity contribution in [2.75, 3.05) is 0 Å². The van der Waals surface area contributed by atoms with Crippen molar-refractivity contribution in [3.63, 3.8) is 0 Å². The molecule has 1 amide bonds. The van der Waals surface area contributed by atoms with Gasteiger partial charge in [-0.15, -0.1) is 0 Å². The number of pyridine rings is 1. The number of hydrogen-bond acceptors (Lipinski definition) is 4. The summed E-state index contributed by atoms with van der Waals surface area (Å²) in [6.45, 7) is 0. The fourth-order valence-corrected chi connectivity index (χ4v) is 3.17. The lowest BCUT2D eigenvalue weighted by Crippen LogP contribution is -2.17. The zero-order valence-corrected chi connectivity index (χ0v) is 17.0. The lowest BCUT2D eigenvalue weighted by molar-refractivity contribution is 0.0955. The van der Waals surface area contributed by atoms with Crippen molar-refractivity contribution >= 4 is 34.5 Å². The molecule has 4 aromatic rings. The van der Waals surface area contributed by atoms with Crippen LogP contribution in [-0.4, -0.2) is 22.2 Å². The number of amides is 1. The van der Waals surface area contributed by atoms with Crippen LogP contribution < -0.4 is 5.43 Å². The summed E-state index contributed by atoms with van der Waals surface area (Å²) in [5, 5.41) is 15.6. The van der Waals surface area contributed by atoms with Crippen LogP contribution in [0, 0.1) is 11.8 Å². The summed E-state index contributed by atoms with van der Waals surface area (Å²) < 4.78 is 0. The van der Waals surface area contributed by atoms with Gasteiger partial charge in [0.1, 0.15) is 11.4 Å². The summed E-state index contributed by atoms with van der Waals surface area (Å²) in [6.07, 6.45) is 3.29. The monoisotopic (exact) mass is 425 g/mol. The van der Waals surface area contributed by atoms with Gasteiger partial charge < -0.3 is 5.11 Å². The average molecular weight is 426 g/mol. The van der Waals surface area contributed by atoms with Crippen LogP contribution in [0.5, 0.6) is 5.75 Å². The first kappa shape index (κ1) is 20.1. The van der Waals surface area contributed by atoms with Gasteiger partial charge in [0.2, 0.25) is 0 Å². The fourth-order valence-electron chi connectivity index (χ4n) is 2.99. The Kier molecular flexibility index (Phi) is 5.93. The minimum Gasteiger partial charge on any atom is -0.506 e. The Balaban J connectivity index is 1.58. The molecule has 150 valence electrons. The zero-order chi connectivity index (χ0) is 21.6.